The number of nitrogens with zero attached hydrogens (tertiary/aromatic N) is 4. The van der Waals surface area contributed by atoms with Crippen LogP contribution in [0.15, 0.2) is 24.3 Å². The molecule has 0 saturated carbocycles. The van der Waals surface area contributed by atoms with Crippen molar-refractivity contribution in [2.24, 2.45) is 0 Å². The molecule has 0 amide bonds. The van der Waals surface area contributed by atoms with Crippen LogP contribution in [-0.2, 0) is 8.85 Å². The fourth-order valence-electron chi connectivity index (χ4n) is 3.74. The van der Waals surface area contributed by atoms with Gasteiger partial charge in [-0.2, -0.15) is 0 Å². The molecule has 0 aromatic carbocycles. The number of nitrogen functional groups attached to an aromatic ring is 1. The van der Waals surface area contributed by atoms with Crippen molar-refractivity contribution < 1.29 is 14.0 Å². The van der Waals surface area contributed by atoms with E-state index in [1.54, 1.807) is 13.3 Å². The first-order valence-electron chi connectivity index (χ1n) is 12.1. The first-order valence-corrected chi connectivity index (χ1v) is 17.9. The average molecular weight is 506 g/mol. The summed E-state index contributed by atoms with van der Waals surface area (Å²) in [5.74, 6) is 0.345. The van der Waals surface area contributed by atoms with E-state index in [9.17, 15) is 5.11 Å². The molecule has 0 spiro atoms. The van der Waals surface area contributed by atoms with Crippen molar-refractivity contribution in [3.05, 3.63) is 24.3 Å². The van der Waals surface area contributed by atoms with Gasteiger partial charge in [-0.3, -0.25) is 0 Å². The molecule has 2 aromatic heterocycles. The van der Waals surface area contributed by atoms with E-state index in [2.05, 4.69) is 88.8 Å². The van der Waals surface area contributed by atoms with E-state index >= 15 is 0 Å². The molecule has 10 heteroatoms. The Bertz CT molecular complexity index is 1070. The van der Waals surface area contributed by atoms with Gasteiger partial charge in [0.25, 0.3) is 0 Å². The second kappa shape index (κ2) is 8.81. The molecule has 0 aliphatic heterocycles. The summed E-state index contributed by atoms with van der Waals surface area (Å²) >= 11 is 0. The van der Waals surface area contributed by atoms with Gasteiger partial charge < -0.3 is 24.3 Å². The van der Waals surface area contributed by atoms with Crippen LogP contribution in [0.4, 0.5) is 5.82 Å². The Hall–Kier alpha value is -1.60. The van der Waals surface area contributed by atoms with E-state index in [0.29, 0.717) is 17.0 Å². The van der Waals surface area contributed by atoms with Crippen molar-refractivity contribution in [1.82, 2.24) is 19.5 Å². The van der Waals surface area contributed by atoms with Crippen molar-refractivity contribution in [2.75, 3.05) is 5.73 Å². The number of anilines is 1. The van der Waals surface area contributed by atoms with Gasteiger partial charge in [0, 0.05) is 0 Å². The van der Waals surface area contributed by atoms with Gasteiger partial charge in [0.15, 0.2) is 28.1 Å². The molecule has 4 atom stereocenters. The summed E-state index contributed by atoms with van der Waals surface area (Å²) in [7, 11) is -4.39. The molecular weight excluding hydrogens is 462 g/mol. The van der Waals surface area contributed by atoms with E-state index in [1.807, 2.05) is 4.57 Å². The molecule has 2 heterocycles. The van der Waals surface area contributed by atoms with Gasteiger partial charge in [0.05, 0.1) is 30.7 Å². The maximum atomic E-state index is 10.8. The normalized spacial score (nSPS) is 23.4. The fraction of sp³-hybridized carbons (Fsp3) is 0.708. The highest BCUT2D eigenvalue weighted by molar-refractivity contribution is 6.74. The Morgan fingerprint density at radius 1 is 0.971 bits per heavy atom. The zero-order chi connectivity index (χ0) is 25.9. The average Bonchev–Trinajstić information content (AvgIpc) is 3.22. The van der Waals surface area contributed by atoms with Crippen LogP contribution in [0.25, 0.3) is 11.2 Å². The van der Waals surface area contributed by atoms with Crippen LogP contribution in [0.1, 0.15) is 54.5 Å². The Morgan fingerprint density at radius 2 is 1.53 bits per heavy atom. The minimum absolute atomic E-state index is 0.0102. The second-order valence-corrected chi connectivity index (χ2v) is 22.1. The van der Waals surface area contributed by atoms with Gasteiger partial charge in [-0.1, -0.05) is 47.6 Å². The van der Waals surface area contributed by atoms with Crippen LogP contribution in [0.2, 0.25) is 36.3 Å². The third-order valence-corrected chi connectivity index (χ3v) is 16.9. The number of aliphatic hydroxyl groups is 1. The van der Waals surface area contributed by atoms with Crippen molar-refractivity contribution in [2.45, 2.75) is 109 Å². The predicted molar refractivity (Wildman–Crippen MR) is 143 cm³/mol. The van der Waals surface area contributed by atoms with Crippen LogP contribution >= 0.6 is 0 Å². The molecule has 2 aromatic rings. The van der Waals surface area contributed by atoms with Gasteiger partial charge in [-0.25, -0.2) is 15.0 Å². The first-order chi connectivity index (χ1) is 15.4. The summed E-state index contributed by atoms with van der Waals surface area (Å²) in [5, 5.41) is 10.8. The lowest BCUT2D eigenvalue weighted by atomic mass is 10.1. The van der Waals surface area contributed by atoms with Crippen LogP contribution in [0.3, 0.4) is 0 Å². The highest BCUT2D eigenvalue weighted by Gasteiger charge is 2.51. The van der Waals surface area contributed by atoms with Crippen LogP contribution in [0.5, 0.6) is 0 Å². The Balaban J connectivity index is 2.17. The number of aliphatic hydroxyl groups excluding tert-OH is 1. The molecule has 3 N–H and O–H groups in total. The summed E-state index contributed by atoms with van der Waals surface area (Å²) < 4.78 is 16.1. The fourth-order valence-corrected chi connectivity index (χ4v) is 6.29. The van der Waals surface area contributed by atoms with Crippen LogP contribution < -0.4 is 5.73 Å². The largest absolute Gasteiger partial charge is 0.409 e. The van der Waals surface area contributed by atoms with Crippen LogP contribution in [0, 0.1) is 0 Å². The molecule has 0 bridgehead atoms. The van der Waals surface area contributed by atoms with Crippen molar-refractivity contribution in [1.29, 1.82) is 0 Å². The summed E-state index contributed by atoms with van der Waals surface area (Å²) in [6.07, 6.45) is 3.93. The Morgan fingerprint density at radius 3 is 2.06 bits per heavy atom. The zero-order valence-electron chi connectivity index (χ0n) is 22.7. The van der Waals surface area contributed by atoms with Crippen LogP contribution in [-0.4, -0.2) is 59.6 Å². The summed E-state index contributed by atoms with van der Waals surface area (Å²) in [4.78, 5) is 13.1. The molecule has 1 aliphatic carbocycles. The lowest BCUT2D eigenvalue weighted by molar-refractivity contribution is 0.0378. The maximum Gasteiger partial charge on any atom is 0.193 e. The highest BCUT2D eigenvalue weighted by atomic mass is 28.4. The van der Waals surface area contributed by atoms with Gasteiger partial charge in [-0.15, -0.1) is 0 Å². The quantitative estimate of drug-likeness (QED) is 0.417. The molecular formula is C24H43N5O3Si2. The zero-order valence-corrected chi connectivity index (χ0v) is 24.7. The van der Waals surface area contributed by atoms with E-state index in [4.69, 9.17) is 14.6 Å². The van der Waals surface area contributed by atoms with Gasteiger partial charge in [0.2, 0.25) is 0 Å². The first kappa shape index (κ1) is 27.0. The second-order valence-electron chi connectivity index (χ2n) is 12.6. The third kappa shape index (κ3) is 4.88. The molecule has 3 rings (SSSR count). The number of fused-ring (bicyclic) bond motifs is 1. The van der Waals surface area contributed by atoms with E-state index in [0.717, 1.165) is 5.57 Å². The van der Waals surface area contributed by atoms with Crippen molar-refractivity contribution in [3.63, 3.8) is 0 Å². The molecule has 0 saturated heterocycles. The third-order valence-electron chi connectivity index (χ3n) is 7.98. The molecule has 0 radical (unpaired) electrons. The molecule has 190 valence electrons. The summed E-state index contributed by atoms with van der Waals surface area (Å²) in [6.45, 7) is 24.2. The van der Waals surface area contributed by atoms with E-state index < -0.39 is 22.7 Å². The van der Waals surface area contributed by atoms with E-state index in [1.165, 1.54) is 6.33 Å². The van der Waals surface area contributed by atoms with Gasteiger partial charge >= 0.3 is 0 Å². The molecule has 1 aliphatic rings. The lowest BCUT2D eigenvalue weighted by Crippen LogP contribution is -2.53. The van der Waals surface area contributed by atoms with Crippen molar-refractivity contribution >= 4 is 33.6 Å². The molecule has 8 nitrogen and oxygen atoms in total. The van der Waals surface area contributed by atoms with Gasteiger partial charge in [0.1, 0.15) is 11.8 Å². The minimum atomic E-state index is -2.20. The standard InChI is InChI=1S/C24H43N5O3Si2/c1-15(30)16-12-17(29-14-28-18-21(25)26-13-27-22(18)29)20(32-34(10,11)24(5,6)7)19(16)31-33(8,9)23(2,3)4/h12-15,17,19-20,30H,1-11H3,(H2,25,26,27)/t15-,17+,19+,20-/m0/s1. The molecule has 0 unspecified atom stereocenters. The number of rotatable bonds is 6. The lowest BCUT2D eigenvalue weighted by Gasteiger charge is -2.45. The monoisotopic (exact) mass is 505 g/mol. The molecule has 0 fully saturated rings. The number of aromatic nitrogens is 4. The number of nitrogens with two attached hydrogens (primary N) is 1. The summed E-state index contributed by atoms with van der Waals surface area (Å²) in [5.41, 5.74) is 8.13. The Kier molecular flexibility index (Phi) is 7.00. The Labute approximate surface area is 206 Å². The number of hydrogen-bond acceptors (Lipinski definition) is 7. The predicted octanol–water partition coefficient (Wildman–Crippen LogP) is 5.05. The maximum absolute atomic E-state index is 10.8. The topological polar surface area (TPSA) is 108 Å². The molecule has 34 heavy (non-hydrogen) atoms. The minimum Gasteiger partial charge on any atom is -0.409 e. The number of hydrogen-bond donors (Lipinski definition) is 2. The van der Waals surface area contributed by atoms with E-state index in [-0.39, 0.29) is 28.3 Å². The van der Waals surface area contributed by atoms with Gasteiger partial charge in [-0.05, 0) is 48.8 Å². The highest BCUT2D eigenvalue weighted by Crippen LogP contribution is 2.46. The summed E-state index contributed by atoms with van der Waals surface area (Å²) in [6, 6.07) is -0.243. The van der Waals surface area contributed by atoms with Crippen molar-refractivity contribution in [3.8, 4) is 0 Å². The SMILES string of the molecule is C[C@H](O)C1=C[C@@H](n2cnc3c(N)ncnc32)[C@H](O[Si](C)(C)C(C)(C)C)[C@@H]1O[Si](C)(C)C(C)(C)C. The smallest absolute Gasteiger partial charge is 0.193 e. The number of imidazole rings is 1.